The van der Waals surface area contributed by atoms with Crippen LogP contribution in [0.1, 0.15) is 12.8 Å². The van der Waals surface area contributed by atoms with Gasteiger partial charge in [0.25, 0.3) is 0 Å². The minimum atomic E-state index is -0.839. The SMILES string of the molecule is O=C(O)N1CCC2(CC1)CN=CO2. The van der Waals surface area contributed by atoms with Gasteiger partial charge in [-0.15, -0.1) is 0 Å². The van der Waals surface area contributed by atoms with Crippen LogP contribution in [0.4, 0.5) is 4.79 Å². The summed E-state index contributed by atoms with van der Waals surface area (Å²) in [5.41, 5.74) is -0.189. The topological polar surface area (TPSA) is 62.1 Å². The predicted molar refractivity (Wildman–Crippen MR) is 46.0 cm³/mol. The Bertz CT molecular complexity index is 234. The molecule has 0 bridgehead atoms. The monoisotopic (exact) mass is 184 g/mol. The molecular weight excluding hydrogens is 172 g/mol. The molecule has 0 aliphatic carbocycles. The van der Waals surface area contributed by atoms with E-state index in [-0.39, 0.29) is 5.60 Å². The Morgan fingerprint density at radius 2 is 2.23 bits per heavy atom. The molecule has 0 aromatic heterocycles. The number of nitrogens with zero attached hydrogens (tertiary/aromatic N) is 2. The van der Waals surface area contributed by atoms with Gasteiger partial charge in [0.05, 0.1) is 6.54 Å². The van der Waals surface area contributed by atoms with Gasteiger partial charge >= 0.3 is 6.09 Å². The highest BCUT2D eigenvalue weighted by atomic mass is 16.5. The summed E-state index contributed by atoms with van der Waals surface area (Å²) in [6.45, 7) is 1.79. The normalized spacial score (nSPS) is 24.8. The van der Waals surface area contributed by atoms with E-state index in [9.17, 15) is 4.79 Å². The van der Waals surface area contributed by atoms with E-state index in [1.54, 1.807) is 0 Å². The summed E-state index contributed by atoms with van der Waals surface area (Å²) in [7, 11) is 0. The van der Waals surface area contributed by atoms with Gasteiger partial charge in [-0.25, -0.2) is 4.79 Å². The molecule has 72 valence electrons. The average Bonchev–Trinajstić information content (AvgIpc) is 2.54. The lowest BCUT2D eigenvalue weighted by atomic mass is 9.92. The maximum absolute atomic E-state index is 10.6. The third kappa shape index (κ3) is 1.46. The van der Waals surface area contributed by atoms with Crippen LogP contribution in [0.25, 0.3) is 0 Å². The second-order valence-electron chi connectivity index (χ2n) is 3.52. The van der Waals surface area contributed by atoms with Crippen LogP contribution in [0, 0.1) is 0 Å². The van der Waals surface area contributed by atoms with Gasteiger partial charge in [-0.05, 0) is 0 Å². The summed E-state index contributed by atoms with van der Waals surface area (Å²) in [5.74, 6) is 0. The Labute approximate surface area is 76.0 Å². The molecule has 0 saturated carbocycles. The van der Waals surface area contributed by atoms with Crippen LogP contribution in [0.5, 0.6) is 0 Å². The number of amides is 1. The molecule has 0 aromatic carbocycles. The first kappa shape index (κ1) is 8.34. The van der Waals surface area contributed by atoms with E-state index in [2.05, 4.69) is 4.99 Å². The zero-order valence-corrected chi connectivity index (χ0v) is 7.27. The number of carboxylic acid groups (broad SMARTS) is 1. The van der Waals surface area contributed by atoms with Crippen molar-refractivity contribution in [1.82, 2.24) is 4.90 Å². The zero-order chi connectivity index (χ0) is 9.31. The Hall–Kier alpha value is -1.26. The lowest BCUT2D eigenvalue weighted by Crippen LogP contribution is -2.47. The van der Waals surface area contributed by atoms with Gasteiger partial charge in [-0.3, -0.25) is 4.99 Å². The first-order chi connectivity index (χ1) is 6.22. The lowest BCUT2D eigenvalue weighted by Gasteiger charge is -2.36. The highest BCUT2D eigenvalue weighted by Crippen LogP contribution is 2.28. The molecule has 2 aliphatic heterocycles. The molecule has 5 nitrogen and oxygen atoms in total. The molecule has 1 amide bonds. The van der Waals surface area contributed by atoms with E-state index in [1.165, 1.54) is 11.3 Å². The van der Waals surface area contributed by atoms with Crippen molar-refractivity contribution in [3.63, 3.8) is 0 Å². The fourth-order valence-corrected chi connectivity index (χ4v) is 1.77. The van der Waals surface area contributed by atoms with E-state index in [1.807, 2.05) is 0 Å². The number of carbonyl (C=O) groups is 1. The molecule has 1 spiro atoms. The lowest BCUT2D eigenvalue weighted by molar-refractivity contribution is 0.0221. The van der Waals surface area contributed by atoms with Gasteiger partial charge in [-0.1, -0.05) is 0 Å². The van der Waals surface area contributed by atoms with E-state index < -0.39 is 6.09 Å². The van der Waals surface area contributed by atoms with Gasteiger partial charge in [0.1, 0.15) is 5.60 Å². The van der Waals surface area contributed by atoms with Crippen LogP contribution in [0.2, 0.25) is 0 Å². The van der Waals surface area contributed by atoms with Gasteiger partial charge in [0.15, 0.2) is 6.40 Å². The van der Waals surface area contributed by atoms with Crippen LogP contribution in [-0.2, 0) is 4.74 Å². The Kier molecular flexibility index (Phi) is 1.86. The van der Waals surface area contributed by atoms with Gasteiger partial charge in [0, 0.05) is 25.9 Å². The first-order valence-electron chi connectivity index (χ1n) is 4.36. The highest BCUT2D eigenvalue weighted by Gasteiger charge is 2.39. The molecule has 0 radical (unpaired) electrons. The minimum absolute atomic E-state index is 0.189. The maximum Gasteiger partial charge on any atom is 0.407 e. The summed E-state index contributed by atoms with van der Waals surface area (Å²) in [5, 5.41) is 8.72. The third-order valence-electron chi connectivity index (χ3n) is 2.70. The molecule has 13 heavy (non-hydrogen) atoms. The van der Waals surface area contributed by atoms with E-state index in [4.69, 9.17) is 9.84 Å². The van der Waals surface area contributed by atoms with E-state index in [0.29, 0.717) is 19.6 Å². The van der Waals surface area contributed by atoms with Crippen molar-refractivity contribution in [3.05, 3.63) is 0 Å². The minimum Gasteiger partial charge on any atom is -0.475 e. The predicted octanol–water partition coefficient (Wildman–Crippen LogP) is 0.557. The molecule has 5 heteroatoms. The number of ether oxygens (including phenoxy) is 1. The Balaban J connectivity index is 1.92. The molecule has 0 aromatic rings. The summed E-state index contributed by atoms with van der Waals surface area (Å²) in [4.78, 5) is 16.1. The standard InChI is InChI=1S/C8H12N2O3/c11-7(12)10-3-1-8(2-4-10)5-9-6-13-8/h6H,1-5H2,(H,11,12). The van der Waals surface area contributed by atoms with Crippen molar-refractivity contribution >= 4 is 12.5 Å². The molecular formula is C8H12N2O3. The van der Waals surface area contributed by atoms with Gasteiger partial charge in [0.2, 0.25) is 0 Å². The fourth-order valence-electron chi connectivity index (χ4n) is 1.77. The van der Waals surface area contributed by atoms with Crippen molar-refractivity contribution < 1.29 is 14.6 Å². The smallest absolute Gasteiger partial charge is 0.407 e. The van der Waals surface area contributed by atoms with Crippen LogP contribution in [-0.4, -0.2) is 47.7 Å². The molecule has 1 N–H and O–H groups in total. The third-order valence-corrected chi connectivity index (χ3v) is 2.70. The Morgan fingerprint density at radius 3 is 2.69 bits per heavy atom. The van der Waals surface area contributed by atoms with Crippen molar-refractivity contribution in [2.75, 3.05) is 19.6 Å². The average molecular weight is 184 g/mol. The molecule has 2 heterocycles. The quantitative estimate of drug-likeness (QED) is 0.598. The van der Waals surface area contributed by atoms with Crippen molar-refractivity contribution in [1.29, 1.82) is 0 Å². The first-order valence-corrected chi connectivity index (χ1v) is 4.36. The van der Waals surface area contributed by atoms with Crippen molar-refractivity contribution in [3.8, 4) is 0 Å². The van der Waals surface area contributed by atoms with Crippen LogP contribution < -0.4 is 0 Å². The summed E-state index contributed by atoms with van der Waals surface area (Å²) in [6.07, 6.45) is 2.14. The molecule has 1 fully saturated rings. The molecule has 2 rings (SSSR count). The largest absolute Gasteiger partial charge is 0.475 e. The number of aliphatic imine (C=N–C) groups is 1. The molecule has 2 aliphatic rings. The number of rotatable bonds is 0. The van der Waals surface area contributed by atoms with Crippen molar-refractivity contribution in [2.24, 2.45) is 4.99 Å². The number of hydrogen-bond donors (Lipinski definition) is 1. The molecule has 0 atom stereocenters. The van der Waals surface area contributed by atoms with Crippen LogP contribution >= 0.6 is 0 Å². The fraction of sp³-hybridized carbons (Fsp3) is 0.750. The van der Waals surface area contributed by atoms with Crippen LogP contribution in [0.3, 0.4) is 0 Å². The Morgan fingerprint density at radius 1 is 1.54 bits per heavy atom. The molecule has 1 saturated heterocycles. The second kappa shape index (κ2) is 2.90. The van der Waals surface area contributed by atoms with E-state index in [0.717, 1.165) is 12.8 Å². The number of likely N-dealkylation sites (tertiary alicyclic amines) is 1. The highest BCUT2D eigenvalue weighted by molar-refractivity contribution is 5.65. The number of hydrogen-bond acceptors (Lipinski definition) is 3. The zero-order valence-electron chi connectivity index (χ0n) is 7.27. The maximum atomic E-state index is 10.6. The van der Waals surface area contributed by atoms with Crippen LogP contribution in [0.15, 0.2) is 4.99 Å². The summed E-state index contributed by atoms with van der Waals surface area (Å²) in [6, 6.07) is 0. The summed E-state index contributed by atoms with van der Waals surface area (Å²) < 4.78 is 5.40. The van der Waals surface area contributed by atoms with Gasteiger partial charge in [-0.2, -0.15) is 0 Å². The molecule has 0 unspecified atom stereocenters. The van der Waals surface area contributed by atoms with Crippen molar-refractivity contribution in [2.45, 2.75) is 18.4 Å². The summed E-state index contributed by atoms with van der Waals surface area (Å²) >= 11 is 0. The number of piperidine rings is 1. The second-order valence-corrected chi connectivity index (χ2v) is 3.52. The van der Waals surface area contributed by atoms with E-state index >= 15 is 0 Å². The van der Waals surface area contributed by atoms with Gasteiger partial charge < -0.3 is 14.7 Å².